The van der Waals surface area contributed by atoms with E-state index in [1.54, 1.807) is 6.07 Å². The van der Waals surface area contributed by atoms with Gasteiger partial charge in [-0.3, -0.25) is 0 Å². The number of urea groups is 1. The minimum absolute atomic E-state index is 0.0348. The second-order valence-corrected chi connectivity index (χ2v) is 4.85. The lowest BCUT2D eigenvalue weighted by Crippen LogP contribution is -2.29. The van der Waals surface area contributed by atoms with E-state index < -0.39 is 5.97 Å². The smallest absolute Gasteiger partial charge is 0.337 e. The van der Waals surface area contributed by atoms with Crippen LogP contribution in [0.2, 0.25) is 5.02 Å². The zero-order chi connectivity index (χ0) is 15.0. The van der Waals surface area contributed by atoms with E-state index in [1.807, 2.05) is 0 Å². The first kappa shape index (κ1) is 16.3. The van der Waals surface area contributed by atoms with Gasteiger partial charge in [-0.2, -0.15) is 0 Å². The lowest BCUT2D eigenvalue weighted by molar-refractivity contribution is 0.0697. The van der Waals surface area contributed by atoms with Crippen LogP contribution in [0.3, 0.4) is 0 Å². The lowest BCUT2D eigenvalue weighted by Gasteiger charge is -2.08. The Morgan fingerprint density at radius 3 is 2.65 bits per heavy atom. The Bertz CT molecular complexity index is 477. The van der Waals surface area contributed by atoms with Crippen LogP contribution in [0.15, 0.2) is 18.2 Å². The number of carbonyl (C=O) groups excluding carboxylic acids is 1. The van der Waals surface area contributed by atoms with E-state index in [1.165, 1.54) is 12.1 Å². The largest absolute Gasteiger partial charge is 0.478 e. The number of amides is 2. The molecule has 0 aliphatic heterocycles. The van der Waals surface area contributed by atoms with Crippen molar-refractivity contribution in [2.24, 2.45) is 0 Å². The molecule has 0 heterocycles. The quantitative estimate of drug-likeness (QED) is 0.671. The third kappa shape index (κ3) is 5.48. The predicted octanol–water partition coefficient (Wildman–Crippen LogP) is 3.74. The molecule has 0 radical (unpaired) electrons. The minimum atomic E-state index is -1.13. The Morgan fingerprint density at radius 1 is 1.25 bits per heavy atom. The summed E-state index contributed by atoms with van der Waals surface area (Å²) in [5.41, 5.74) is 0.366. The van der Waals surface area contributed by atoms with Crippen molar-refractivity contribution >= 4 is 29.3 Å². The number of carboxylic acid groups (broad SMARTS) is 1. The molecule has 0 saturated heterocycles. The molecule has 1 aromatic rings. The Labute approximate surface area is 123 Å². The first-order valence-electron chi connectivity index (χ1n) is 6.62. The summed E-state index contributed by atoms with van der Waals surface area (Å²) in [4.78, 5) is 22.5. The minimum Gasteiger partial charge on any atom is -0.478 e. The molecule has 3 N–H and O–H groups in total. The van der Waals surface area contributed by atoms with Gasteiger partial charge in [-0.25, -0.2) is 9.59 Å². The number of hydrogen-bond donors (Lipinski definition) is 3. The van der Waals surface area contributed by atoms with Gasteiger partial charge in [0.25, 0.3) is 0 Å². The molecular weight excluding hydrogens is 280 g/mol. The first-order chi connectivity index (χ1) is 9.54. The molecule has 0 unspecified atom stereocenters. The number of anilines is 1. The van der Waals surface area contributed by atoms with Crippen molar-refractivity contribution in [1.82, 2.24) is 5.32 Å². The molecule has 6 heteroatoms. The van der Waals surface area contributed by atoms with E-state index in [9.17, 15) is 9.59 Å². The molecule has 0 aromatic heterocycles. The molecule has 110 valence electrons. The van der Waals surface area contributed by atoms with Gasteiger partial charge in [-0.15, -0.1) is 0 Å². The third-order valence-electron chi connectivity index (χ3n) is 2.77. The van der Waals surface area contributed by atoms with Gasteiger partial charge in [0.05, 0.1) is 10.6 Å². The molecule has 0 fully saturated rings. The SMILES string of the molecule is CCCCCCNC(=O)Nc1ccc(Cl)c(C(=O)O)c1. The summed E-state index contributed by atoms with van der Waals surface area (Å²) in [7, 11) is 0. The number of aromatic carboxylic acids is 1. The van der Waals surface area contributed by atoms with Crippen LogP contribution in [0, 0.1) is 0 Å². The van der Waals surface area contributed by atoms with E-state index >= 15 is 0 Å². The van der Waals surface area contributed by atoms with Gasteiger partial charge in [0.1, 0.15) is 0 Å². The topological polar surface area (TPSA) is 78.4 Å². The molecule has 0 aliphatic carbocycles. The number of nitrogens with one attached hydrogen (secondary N) is 2. The van der Waals surface area contributed by atoms with E-state index in [2.05, 4.69) is 17.6 Å². The van der Waals surface area contributed by atoms with Crippen LogP contribution in [-0.2, 0) is 0 Å². The third-order valence-corrected chi connectivity index (χ3v) is 3.10. The van der Waals surface area contributed by atoms with Crippen LogP contribution in [0.25, 0.3) is 0 Å². The second-order valence-electron chi connectivity index (χ2n) is 4.44. The van der Waals surface area contributed by atoms with Crippen LogP contribution >= 0.6 is 11.6 Å². The van der Waals surface area contributed by atoms with Crippen molar-refractivity contribution < 1.29 is 14.7 Å². The fourth-order valence-corrected chi connectivity index (χ4v) is 1.89. The van der Waals surface area contributed by atoms with Gasteiger partial charge >= 0.3 is 12.0 Å². The number of carbonyl (C=O) groups is 2. The zero-order valence-electron chi connectivity index (χ0n) is 11.4. The standard InChI is InChI=1S/C14H19ClN2O3/c1-2-3-4-5-8-16-14(20)17-10-6-7-12(15)11(9-10)13(18)19/h6-7,9H,2-5,8H2,1H3,(H,18,19)(H2,16,17,20). The number of halogens is 1. The summed E-state index contributed by atoms with van der Waals surface area (Å²) in [6.45, 7) is 2.73. The average Bonchev–Trinajstić information content (AvgIpc) is 2.40. The number of rotatable bonds is 7. The summed E-state index contributed by atoms with van der Waals surface area (Å²) in [5, 5.41) is 14.4. The summed E-state index contributed by atoms with van der Waals surface area (Å²) < 4.78 is 0. The molecule has 1 rings (SSSR count). The van der Waals surface area contributed by atoms with Crippen molar-refractivity contribution in [3.8, 4) is 0 Å². The average molecular weight is 299 g/mol. The van der Waals surface area contributed by atoms with Crippen LogP contribution in [0.4, 0.5) is 10.5 Å². The van der Waals surface area contributed by atoms with Gasteiger partial charge in [0, 0.05) is 12.2 Å². The van der Waals surface area contributed by atoms with E-state index in [0.717, 1.165) is 25.7 Å². The predicted molar refractivity (Wildman–Crippen MR) is 79.6 cm³/mol. The molecular formula is C14H19ClN2O3. The maximum atomic E-state index is 11.6. The highest BCUT2D eigenvalue weighted by atomic mass is 35.5. The summed E-state index contributed by atoms with van der Waals surface area (Å²) in [6, 6.07) is 3.99. The molecule has 0 spiro atoms. The maximum absolute atomic E-state index is 11.6. The highest BCUT2D eigenvalue weighted by molar-refractivity contribution is 6.33. The monoisotopic (exact) mass is 298 g/mol. The van der Waals surface area contributed by atoms with Gasteiger partial charge in [-0.05, 0) is 24.6 Å². The van der Waals surface area contributed by atoms with Crippen molar-refractivity contribution in [2.75, 3.05) is 11.9 Å². The molecule has 0 aliphatic rings. The number of unbranched alkanes of at least 4 members (excludes halogenated alkanes) is 3. The Morgan fingerprint density at radius 2 is 2.00 bits per heavy atom. The van der Waals surface area contributed by atoms with Crippen molar-refractivity contribution in [3.05, 3.63) is 28.8 Å². The molecule has 20 heavy (non-hydrogen) atoms. The van der Waals surface area contributed by atoms with Crippen LogP contribution < -0.4 is 10.6 Å². The summed E-state index contributed by atoms with van der Waals surface area (Å²) in [6.07, 6.45) is 4.32. The normalized spacial score (nSPS) is 10.1. The Kier molecular flexibility index (Phi) is 6.87. The summed E-state index contributed by atoms with van der Waals surface area (Å²) in [5.74, 6) is -1.13. The Balaban J connectivity index is 2.46. The summed E-state index contributed by atoms with van der Waals surface area (Å²) >= 11 is 5.75. The van der Waals surface area contributed by atoms with Gasteiger partial charge in [0.15, 0.2) is 0 Å². The fourth-order valence-electron chi connectivity index (χ4n) is 1.70. The van der Waals surface area contributed by atoms with Crippen LogP contribution in [0.5, 0.6) is 0 Å². The van der Waals surface area contributed by atoms with Crippen molar-refractivity contribution in [2.45, 2.75) is 32.6 Å². The van der Waals surface area contributed by atoms with E-state index in [0.29, 0.717) is 12.2 Å². The fraction of sp³-hybridized carbons (Fsp3) is 0.429. The first-order valence-corrected chi connectivity index (χ1v) is 7.00. The van der Waals surface area contributed by atoms with Gasteiger partial charge in [0.2, 0.25) is 0 Å². The van der Waals surface area contributed by atoms with Crippen LogP contribution in [0.1, 0.15) is 43.0 Å². The Hall–Kier alpha value is -1.75. The molecule has 2 amide bonds. The highest BCUT2D eigenvalue weighted by Gasteiger charge is 2.10. The molecule has 0 atom stereocenters. The number of hydrogen-bond acceptors (Lipinski definition) is 2. The van der Waals surface area contributed by atoms with Crippen molar-refractivity contribution in [1.29, 1.82) is 0 Å². The molecule has 0 bridgehead atoms. The van der Waals surface area contributed by atoms with Gasteiger partial charge < -0.3 is 15.7 Å². The van der Waals surface area contributed by atoms with Crippen molar-refractivity contribution in [3.63, 3.8) is 0 Å². The molecule has 5 nitrogen and oxygen atoms in total. The van der Waals surface area contributed by atoms with Gasteiger partial charge in [-0.1, -0.05) is 37.8 Å². The van der Waals surface area contributed by atoms with Crippen LogP contribution in [-0.4, -0.2) is 23.7 Å². The van der Waals surface area contributed by atoms with E-state index in [-0.39, 0.29) is 16.6 Å². The lowest BCUT2D eigenvalue weighted by atomic mass is 10.2. The maximum Gasteiger partial charge on any atom is 0.337 e. The zero-order valence-corrected chi connectivity index (χ0v) is 12.2. The number of benzene rings is 1. The number of carboxylic acids is 1. The molecule has 1 aromatic carbocycles. The van der Waals surface area contributed by atoms with E-state index in [4.69, 9.17) is 16.7 Å². The molecule has 0 saturated carbocycles. The highest BCUT2D eigenvalue weighted by Crippen LogP contribution is 2.20. The second kappa shape index (κ2) is 8.43.